The molecular formula is C17H18N6O2. The fraction of sp³-hybridized carbons (Fsp3) is 0.235. The highest BCUT2D eigenvalue weighted by atomic mass is 16.5. The number of hydrazine groups is 1. The van der Waals surface area contributed by atoms with E-state index in [9.17, 15) is 4.79 Å². The van der Waals surface area contributed by atoms with Gasteiger partial charge in [-0.3, -0.25) is 15.6 Å². The summed E-state index contributed by atoms with van der Waals surface area (Å²) >= 11 is 0. The fourth-order valence-corrected chi connectivity index (χ4v) is 2.25. The Labute approximate surface area is 144 Å². The van der Waals surface area contributed by atoms with Gasteiger partial charge in [0.15, 0.2) is 0 Å². The van der Waals surface area contributed by atoms with Crippen LogP contribution in [0.25, 0.3) is 11.4 Å². The van der Waals surface area contributed by atoms with Crippen molar-refractivity contribution in [2.45, 2.75) is 26.7 Å². The molecule has 0 saturated carbocycles. The van der Waals surface area contributed by atoms with E-state index in [0.29, 0.717) is 24.1 Å². The number of aryl methyl sites for hydroxylation is 3. The molecule has 0 aliphatic rings. The third-order valence-electron chi connectivity index (χ3n) is 3.36. The molecule has 0 radical (unpaired) electrons. The molecule has 8 nitrogen and oxygen atoms in total. The van der Waals surface area contributed by atoms with Gasteiger partial charge in [-0.25, -0.2) is 9.97 Å². The van der Waals surface area contributed by atoms with Crippen molar-refractivity contribution in [3.05, 3.63) is 53.7 Å². The SMILES string of the molecule is Cc1cc(C)nc(NNC(=O)CCc2nc(-c3ccccc3)no2)n1. The molecule has 0 bridgehead atoms. The molecule has 0 aliphatic heterocycles. The summed E-state index contributed by atoms with van der Waals surface area (Å²) in [5.41, 5.74) is 7.78. The van der Waals surface area contributed by atoms with Crippen molar-refractivity contribution in [3.8, 4) is 11.4 Å². The number of hydrogen-bond acceptors (Lipinski definition) is 7. The Kier molecular flexibility index (Phi) is 4.98. The minimum atomic E-state index is -0.220. The Morgan fingerprint density at radius 3 is 2.52 bits per heavy atom. The lowest BCUT2D eigenvalue weighted by atomic mass is 10.2. The van der Waals surface area contributed by atoms with E-state index in [1.807, 2.05) is 50.2 Å². The second-order valence-electron chi connectivity index (χ2n) is 5.53. The van der Waals surface area contributed by atoms with Crippen LogP contribution in [0.2, 0.25) is 0 Å². The highest BCUT2D eigenvalue weighted by molar-refractivity contribution is 5.77. The third kappa shape index (κ3) is 4.60. The lowest BCUT2D eigenvalue weighted by Gasteiger charge is -2.07. The molecule has 0 atom stereocenters. The van der Waals surface area contributed by atoms with Gasteiger partial charge < -0.3 is 4.52 Å². The number of carbonyl (C=O) groups is 1. The maximum atomic E-state index is 11.9. The van der Waals surface area contributed by atoms with Gasteiger partial charge in [0.2, 0.25) is 23.6 Å². The first-order valence-electron chi connectivity index (χ1n) is 7.85. The van der Waals surface area contributed by atoms with Gasteiger partial charge in [-0.1, -0.05) is 35.5 Å². The van der Waals surface area contributed by atoms with Crippen LogP contribution in [0, 0.1) is 13.8 Å². The Hall–Kier alpha value is -3.29. The van der Waals surface area contributed by atoms with Crippen molar-refractivity contribution in [2.75, 3.05) is 5.43 Å². The lowest BCUT2D eigenvalue weighted by molar-refractivity contribution is -0.120. The Morgan fingerprint density at radius 2 is 1.80 bits per heavy atom. The normalized spacial score (nSPS) is 10.5. The summed E-state index contributed by atoms with van der Waals surface area (Å²) in [7, 11) is 0. The molecule has 3 aromatic rings. The van der Waals surface area contributed by atoms with Gasteiger partial charge in [-0.15, -0.1) is 0 Å². The molecule has 1 amide bonds. The maximum Gasteiger partial charge on any atom is 0.242 e. The summed E-state index contributed by atoms with van der Waals surface area (Å²) in [6, 6.07) is 11.4. The molecule has 0 fully saturated rings. The van der Waals surface area contributed by atoms with E-state index in [-0.39, 0.29) is 12.3 Å². The number of aromatic nitrogens is 4. The largest absolute Gasteiger partial charge is 0.339 e. The average molecular weight is 338 g/mol. The minimum Gasteiger partial charge on any atom is -0.339 e. The highest BCUT2D eigenvalue weighted by Gasteiger charge is 2.10. The number of rotatable bonds is 6. The molecule has 128 valence electrons. The first-order chi connectivity index (χ1) is 12.1. The molecule has 25 heavy (non-hydrogen) atoms. The van der Waals surface area contributed by atoms with Crippen LogP contribution in [0.15, 0.2) is 40.9 Å². The first kappa shape index (κ1) is 16.6. The molecule has 1 aromatic carbocycles. The number of nitrogens with one attached hydrogen (secondary N) is 2. The van der Waals surface area contributed by atoms with Gasteiger partial charge in [-0.05, 0) is 19.9 Å². The number of carbonyl (C=O) groups excluding carboxylic acids is 1. The number of hydrogen-bond donors (Lipinski definition) is 2. The molecule has 0 aliphatic carbocycles. The van der Waals surface area contributed by atoms with Crippen LogP contribution in [0.4, 0.5) is 5.95 Å². The van der Waals surface area contributed by atoms with Crippen molar-refractivity contribution in [1.29, 1.82) is 0 Å². The van der Waals surface area contributed by atoms with Crippen LogP contribution in [-0.4, -0.2) is 26.0 Å². The second kappa shape index (κ2) is 7.52. The molecule has 0 spiro atoms. The molecular weight excluding hydrogens is 320 g/mol. The van der Waals surface area contributed by atoms with Gasteiger partial charge in [0.05, 0.1) is 0 Å². The number of amides is 1. The van der Waals surface area contributed by atoms with E-state index in [0.717, 1.165) is 17.0 Å². The van der Waals surface area contributed by atoms with Gasteiger partial charge in [0.1, 0.15) is 0 Å². The van der Waals surface area contributed by atoms with Crippen LogP contribution in [-0.2, 0) is 11.2 Å². The molecule has 3 rings (SSSR count). The Morgan fingerprint density at radius 1 is 1.08 bits per heavy atom. The van der Waals surface area contributed by atoms with Gasteiger partial charge >= 0.3 is 0 Å². The maximum absolute atomic E-state index is 11.9. The van der Waals surface area contributed by atoms with Gasteiger partial charge in [0.25, 0.3) is 0 Å². The molecule has 8 heteroatoms. The zero-order valence-corrected chi connectivity index (χ0v) is 14.0. The standard InChI is InChI=1S/C17H18N6O2/c1-11-10-12(2)19-17(18-11)22-21-14(24)8-9-15-20-16(23-25-15)13-6-4-3-5-7-13/h3-7,10H,8-9H2,1-2H3,(H,21,24)(H,18,19,22). The molecule has 2 aromatic heterocycles. The Balaban J connectivity index is 1.50. The molecule has 2 heterocycles. The zero-order valence-electron chi connectivity index (χ0n) is 14.0. The predicted molar refractivity (Wildman–Crippen MR) is 91.3 cm³/mol. The summed E-state index contributed by atoms with van der Waals surface area (Å²) in [6.07, 6.45) is 0.551. The van der Waals surface area contributed by atoms with E-state index in [1.165, 1.54) is 0 Å². The Bertz CT molecular complexity index is 842. The van der Waals surface area contributed by atoms with Crippen LogP contribution < -0.4 is 10.9 Å². The van der Waals surface area contributed by atoms with E-state index in [2.05, 4.69) is 31.0 Å². The molecule has 0 saturated heterocycles. The van der Waals surface area contributed by atoms with E-state index in [4.69, 9.17) is 4.52 Å². The summed E-state index contributed by atoms with van der Waals surface area (Å²) < 4.78 is 5.18. The summed E-state index contributed by atoms with van der Waals surface area (Å²) in [6.45, 7) is 3.73. The van der Waals surface area contributed by atoms with Crippen molar-refractivity contribution in [3.63, 3.8) is 0 Å². The van der Waals surface area contributed by atoms with Gasteiger partial charge in [-0.2, -0.15) is 4.98 Å². The van der Waals surface area contributed by atoms with Crippen molar-refractivity contribution in [1.82, 2.24) is 25.5 Å². The van der Waals surface area contributed by atoms with Crippen molar-refractivity contribution in [2.24, 2.45) is 0 Å². The zero-order chi connectivity index (χ0) is 17.6. The van der Waals surface area contributed by atoms with Crippen LogP contribution in [0.5, 0.6) is 0 Å². The lowest BCUT2D eigenvalue weighted by Crippen LogP contribution is -2.30. The van der Waals surface area contributed by atoms with Crippen molar-refractivity contribution < 1.29 is 9.32 Å². The topological polar surface area (TPSA) is 106 Å². The number of nitrogens with zero attached hydrogens (tertiary/aromatic N) is 4. The smallest absolute Gasteiger partial charge is 0.242 e. The molecule has 2 N–H and O–H groups in total. The predicted octanol–water partition coefficient (Wildman–Crippen LogP) is 2.22. The van der Waals surface area contributed by atoms with Gasteiger partial charge in [0, 0.05) is 29.8 Å². The first-order valence-corrected chi connectivity index (χ1v) is 7.85. The van der Waals surface area contributed by atoms with E-state index >= 15 is 0 Å². The fourth-order valence-electron chi connectivity index (χ4n) is 2.25. The van der Waals surface area contributed by atoms with Crippen LogP contribution in [0.1, 0.15) is 23.7 Å². The monoisotopic (exact) mass is 338 g/mol. The second-order valence-corrected chi connectivity index (χ2v) is 5.53. The van der Waals surface area contributed by atoms with E-state index in [1.54, 1.807) is 0 Å². The minimum absolute atomic E-state index is 0.203. The van der Waals surface area contributed by atoms with Crippen LogP contribution in [0.3, 0.4) is 0 Å². The van der Waals surface area contributed by atoms with E-state index < -0.39 is 0 Å². The average Bonchev–Trinajstić information content (AvgIpc) is 3.07. The van der Waals surface area contributed by atoms with Crippen LogP contribution >= 0.6 is 0 Å². The molecule has 0 unspecified atom stereocenters. The van der Waals surface area contributed by atoms with Crippen molar-refractivity contribution >= 4 is 11.9 Å². The quantitative estimate of drug-likeness (QED) is 0.664. The summed E-state index contributed by atoms with van der Waals surface area (Å²) in [4.78, 5) is 24.6. The highest BCUT2D eigenvalue weighted by Crippen LogP contribution is 2.15. The summed E-state index contributed by atoms with van der Waals surface area (Å²) in [5.74, 6) is 1.06. The number of anilines is 1. The number of benzene rings is 1. The summed E-state index contributed by atoms with van der Waals surface area (Å²) in [5, 5.41) is 3.92. The third-order valence-corrected chi connectivity index (χ3v) is 3.36.